The number of thioether (sulfide) groups is 1. The van der Waals surface area contributed by atoms with Crippen molar-refractivity contribution in [3.05, 3.63) is 0 Å². The Morgan fingerprint density at radius 2 is 2.25 bits per heavy atom. The third-order valence-electron chi connectivity index (χ3n) is 2.11. The van der Waals surface area contributed by atoms with Gasteiger partial charge in [0.05, 0.1) is 6.54 Å². The highest BCUT2D eigenvalue weighted by Crippen LogP contribution is 2.23. The van der Waals surface area contributed by atoms with E-state index >= 15 is 0 Å². The summed E-state index contributed by atoms with van der Waals surface area (Å²) in [5, 5.41) is 4.99. The Bertz CT molecular complexity index is 178. The van der Waals surface area contributed by atoms with Crippen molar-refractivity contribution in [2.24, 2.45) is 4.99 Å². The molecule has 0 amide bonds. The molecule has 1 fully saturated rings. The Kier molecular flexibility index (Phi) is 2.89. The highest BCUT2D eigenvalue weighted by Gasteiger charge is 2.18. The lowest BCUT2D eigenvalue weighted by Crippen LogP contribution is -2.29. The van der Waals surface area contributed by atoms with Gasteiger partial charge in [0, 0.05) is 5.25 Å². The first-order valence-corrected chi connectivity index (χ1v) is 5.38. The SMILES string of the molecule is C1COC(SC2CCNCC2)=N1. The molecule has 1 N–H and O–H groups in total. The van der Waals surface area contributed by atoms with Crippen molar-refractivity contribution in [2.75, 3.05) is 26.2 Å². The monoisotopic (exact) mass is 186 g/mol. The lowest BCUT2D eigenvalue weighted by molar-refractivity contribution is 0.356. The third-order valence-corrected chi connectivity index (χ3v) is 3.36. The minimum Gasteiger partial charge on any atom is -0.471 e. The van der Waals surface area contributed by atoms with Gasteiger partial charge in [-0.15, -0.1) is 0 Å². The standard InChI is InChI=1S/C8H14N2OS/c1-3-9-4-2-7(1)12-8-10-5-6-11-8/h7,9H,1-6H2. The normalized spacial score (nSPS) is 25.2. The summed E-state index contributed by atoms with van der Waals surface area (Å²) in [7, 11) is 0. The van der Waals surface area contributed by atoms with E-state index in [9.17, 15) is 0 Å². The smallest absolute Gasteiger partial charge is 0.246 e. The first kappa shape index (κ1) is 8.38. The number of piperidine rings is 1. The van der Waals surface area contributed by atoms with Gasteiger partial charge in [-0.05, 0) is 25.9 Å². The number of ether oxygens (including phenoxy) is 1. The quantitative estimate of drug-likeness (QED) is 0.659. The van der Waals surface area contributed by atoms with Gasteiger partial charge in [-0.25, -0.2) is 4.99 Å². The fourth-order valence-electron chi connectivity index (χ4n) is 1.44. The second-order valence-corrected chi connectivity index (χ2v) is 4.31. The molecule has 2 aliphatic rings. The van der Waals surface area contributed by atoms with E-state index in [2.05, 4.69) is 10.3 Å². The van der Waals surface area contributed by atoms with Crippen molar-refractivity contribution in [3.63, 3.8) is 0 Å². The molecule has 0 aromatic rings. The maximum atomic E-state index is 5.35. The van der Waals surface area contributed by atoms with Crippen molar-refractivity contribution < 1.29 is 4.74 Å². The summed E-state index contributed by atoms with van der Waals surface area (Å²) >= 11 is 1.82. The van der Waals surface area contributed by atoms with Crippen LogP contribution in [-0.4, -0.2) is 36.7 Å². The molecule has 2 aliphatic heterocycles. The van der Waals surface area contributed by atoms with Crippen LogP contribution in [0.3, 0.4) is 0 Å². The summed E-state index contributed by atoms with van der Waals surface area (Å²) < 4.78 is 5.35. The van der Waals surface area contributed by atoms with Crippen LogP contribution in [0.4, 0.5) is 0 Å². The fourth-order valence-corrected chi connectivity index (χ4v) is 2.52. The summed E-state index contributed by atoms with van der Waals surface area (Å²) in [6.45, 7) is 3.93. The van der Waals surface area contributed by atoms with Gasteiger partial charge >= 0.3 is 0 Å². The Labute approximate surface area is 77.0 Å². The number of hydrogen-bond acceptors (Lipinski definition) is 4. The van der Waals surface area contributed by atoms with Gasteiger partial charge in [0.15, 0.2) is 0 Å². The average Bonchev–Trinajstić information content (AvgIpc) is 2.59. The molecule has 1 saturated heterocycles. The highest BCUT2D eigenvalue weighted by atomic mass is 32.2. The molecule has 0 aliphatic carbocycles. The van der Waals surface area contributed by atoms with Crippen LogP contribution in [0.25, 0.3) is 0 Å². The molecule has 0 unspecified atom stereocenters. The highest BCUT2D eigenvalue weighted by molar-refractivity contribution is 8.14. The molecule has 2 rings (SSSR count). The van der Waals surface area contributed by atoms with E-state index in [1.807, 2.05) is 11.8 Å². The number of nitrogens with one attached hydrogen (secondary N) is 1. The molecule has 0 bridgehead atoms. The lowest BCUT2D eigenvalue weighted by Gasteiger charge is -2.21. The minimum atomic E-state index is 0.725. The van der Waals surface area contributed by atoms with Gasteiger partial charge in [0.25, 0.3) is 0 Å². The van der Waals surface area contributed by atoms with Crippen LogP contribution in [0.1, 0.15) is 12.8 Å². The topological polar surface area (TPSA) is 33.6 Å². The lowest BCUT2D eigenvalue weighted by atomic mass is 10.2. The Balaban J connectivity index is 1.77. The zero-order valence-electron chi connectivity index (χ0n) is 7.08. The van der Waals surface area contributed by atoms with Gasteiger partial charge in [0.1, 0.15) is 6.61 Å². The zero-order valence-corrected chi connectivity index (χ0v) is 7.90. The second-order valence-electron chi connectivity index (χ2n) is 3.06. The third kappa shape index (κ3) is 2.14. The number of aliphatic imine (C=N–C) groups is 1. The van der Waals surface area contributed by atoms with E-state index in [1.165, 1.54) is 12.8 Å². The molecule has 12 heavy (non-hydrogen) atoms. The van der Waals surface area contributed by atoms with Crippen molar-refractivity contribution in [3.8, 4) is 0 Å². The molecule has 3 nitrogen and oxygen atoms in total. The van der Waals surface area contributed by atoms with Crippen molar-refractivity contribution in [2.45, 2.75) is 18.1 Å². The zero-order chi connectivity index (χ0) is 8.23. The van der Waals surface area contributed by atoms with Gasteiger partial charge in [0.2, 0.25) is 5.23 Å². The van der Waals surface area contributed by atoms with Gasteiger partial charge < -0.3 is 10.1 Å². The number of rotatable bonds is 1. The van der Waals surface area contributed by atoms with Crippen molar-refractivity contribution >= 4 is 17.0 Å². The Morgan fingerprint density at radius 3 is 2.92 bits per heavy atom. The van der Waals surface area contributed by atoms with Crippen LogP contribution in [0.15, 0.2) is 4.99 Å². The summed E-state index contributed by atoms with van der Waals surface area (Å²) in [6.07, 6.45) is 2.49. The number of nitrogens with zero attached hydrogens (tertiary/aromatic N) is 1. The molecular formula is C8H14N2OS. The predicted octanol–water partition coefficient (Wildman–Crippen LogP) is 0.858. The van der Waals surface area contributed by atoms with Crippen LogP contribution in [0.5, 0.6) is 0 Å². The molecule has 0 aromatic heterocycles. The van der Waals surface area contributed by atoms with Crippen LogP contribution >= 0.6 is 11.8 Å². The van der Waals surface area contributed by atoms with Crippen LogP contribution in [0, 0.1) is 0 Å². The van der Waals surface area contributed by atoms with Gasteiger partial charge in [-0.2, -0.15) is 0 Å². The van der Waals surface area contributed by atoms with Crippen molar-refractivity contribution in [1.29, 1.82) is 0 Å². The van der Waals surface area contributed by atoms with Crippen LogP contribution in [0.2, 0.25) is 0 Å². The van der Waals surface area contributed by atoms with E-state index in [0.29, 0.717) is 0 Å². The second kappa shape index (κ2) is 4.14. The largest absolute Gasteiger partial charge is 0.471 e. The van der Waals surface area contributed by atoms with E-state index in [4.69, 9.17) is 4.74 Å². The van der Waals surface area contributed by atoms with E-state index in [0.717, 1.165) is 36.7 Å². The molecule has 4 heteroatoms. The van der Waals surface area contributed by atoms with E-state index < -0.39 is 0 Å². The summed E-state index contributed by atoms with van der Waals surface area (Å²) in [5.41, 5.74) is 0. The summed E-state index contributed by atoms with van der Waals surface area (Å²) in [4.78, 5) is 4.27. The minimum absolute atomic E-state index is 0.725. The molecule has 0 atom stereocenters. The molecular weight excluding hydrogens is 172 g/mol. The Hall–Kier alpha value is -0.220. The maximum Gasteiger partial charge on any atom is 0.246 e. The van der Waals surface area contributed by atoms with Crippen LogP contribution < -0.4 is 5.32 Å². The molecule has 2 heterocycles. The predicted molar refractivity (Wildman–Crippen MR) is 51.7 cm³/mol. The molecule has 0 radical (unpaired) electrons. The molecule has 68 valence electrons. The van der Waals surface area contributed by atoms with E-state index in [-0.39, 0.29) is 0 Å². The number of hydrogen-bond donors (Lipinski definition) is 1. The first-order chi connectivity index (χ1) is 5.95. The summed E-state index contributed by atoms with van der Waals surface area (Å²) in [5.74, 6) is 0. The fraction of sp³-hybridized carbons (Fsp3) is 0.875. The first-order valence-electron chi connectivity index (χ1n) is 4.50. The molecule has 0 spiro atoms. The average molecular weight is 186 g/mol. The van der Waals surface area contributed by atoms with Crippen molar-refractivity contribution in [1.82, 2.24) is 5.32 Å². The Morgan fingerprint density at radius 1 is 1.42 bits per heavy atom. The maximum absolute atomic E-state index is 5.35. The molecule has 0 aromatic carbocycles. The summed E-state index contributed by atoms with van der Waals surface area (Å²) in [6, 6.07) is 0. The molecule has 0 saturated carbocycles. The van der Waals surface area contributed by atoms with Gasteiger partial charge in [-0.3, -0.25) is 0 Å². The van der Waals surface area contributed by atoms with E-state index in [1.54, 1.807) is 0 Å². The van der Waals surface area contributed by atoms with Gasteiger partial charge in [-0.1, -0.05) is 11.8 Å². The van der Waals surface area contributed by atoms with Crippen LogP contribution in [-0.2, 0) is 4.74 Å².